The number of nitriles is 1. The monoisotopic (exact) mass is 320 g/mol. The van der Waals surface area contributed by atoms with Gasteiger partial charge in [-0.2, -0.15) is 5.26 Å². The first-order chi connectivity index (χ1) is 9.83. The minimum atomic E-state index is -3.80. The van der Waals surface area contributed by atoms with Gasteiger partial charge in [0.2, 0.25) is 0 Å². The number of aryl methyl sites for hydroxylation is 2. The smallest absolute Gasteiger partial charge is 0.262 e. The van der Waals surface area contributed by atoms with Crippen molar-refractivity contribution in [2.45, 2.75) is 18.7 Å². The van der Waals surface area contributed by atoms with Crippen LogP contribution in [-0.4, -0.2) is 8.42 Å². The molecule has 0 saturated carbocycles. The number of rotatable bonds is 3. The molecule has 0 aliphatic carbocycles. The summed E-state index contributed by atoms with van der Waals surface area (Å²) in [5.74, 6) is 0. The summed E-state index contributed by atoms with van der Waals surface area (Å²) in [4.78, 5) is 0.0678. The number of sulfonamides is 1. The molecular weight excluding hydrogens is 308 g/mol. The van der Waals surface area contributed by atoms with Crippen molar-refractivity contribution >= 4 is 27.3 Å². The standard InChI is InChI=1S/C15H13ClN2O2S/c1-10-3-6-14(13(16)7-10)18-21(19,20)15-8-12(9-17)5-4-11(15)2/h3-8,18H,1-2H3. The molecule has 0 amide bonds. The van der Waals surface area contributed by atoms with E-state index in [-0.39, 0.29) is 10.5 Å². The molecule has 4 nitrogen and oxygen atoms in total. The Morgan fingerprint density at radius 1 is 1.14 bits per heavy atom. The second-order valence-electron chi connectivity index (χ2n) is 4.68. The summed E-state index contributed by atoms with van der Waals surface area (Å²) in [6.45, 7) is 3.54. The van der Waals surface area contributed by atoms with Gasteiger partial charge >= 0.3 is 0 Å². The van der Waals surface area contributed by atoms with Crippen molar-refractivity contribution in [2.75, 3.05) is 4.72 Å². The van der Waals surface area contributed by atoms with Gasteiger partial charge in [0.05, 0.1) is 27.2 Å². The van der Waals surface area contributed by atoms with Crippen LogP contribution in [0.3, 0.4) is 0 Å². The Morgan fingerprint density at radius 2 is 1.86 bits per heavy atom. The van der Waals surface area contributed by atoms with Crippen LogP contribution in [0, 0.1) is 25.2 Å². The highest BCUT2D eigenvalue weighted by molar-refractivity contribution is 7.92. The Hall–Kier alpha value is -2.03. The molecule has 21 heavy (non-hydrogen) atoms. The average Bonchev–Trinajstić information content (AvgIpc) is 2.42. The van der Waals surface area contributed by atoms with E-state index in [1.54, 1.807) is 37.3 Å². The van der Waals surface area contributed by atoms with Gasteiger partial charge in [-0.05, 0) is 49.2 Å². The molecule has 0 fully saturated rings. The largest absolute Gasteiger partial charge is 0.278 e. The van der Waals surface area contributed by atoms with Gasteiger partial charge in [0.15, 0.2) is 0 Å². The second-order valence-corrected chi connectivity index (χ2v) is 6.74. The third-order valence-corrected chi connectivity index (χ3v) is 4.80. The molecule has 1 N–H and O–H groups in total. The number of nitrogens with zero attached hydrogens (tertiary/aromatic N) is 1. The molecule has 108 valence electrons. The molecule has 6 heteroatoms. The van der Waals surface area contributed by atoms with E-state index in [1.807, 2.05) is 13.0 Å². The predicted octanol–water partition coefficient (Wildman–Crippen LogP) is 3.63. The third kappa shape index (κ3) is 3.35. The van der Waals surface area contributed by atoms with Crippen molar-refractivity contribution in [1.29, 1.82) is 5.26 Å². The number of hydrogen-bond donors (Lipinski definition) is 1. The number of hydrogen-bond acceptors (Lipinski definition) is 3. The van der Waals surface area contributed by atoms with Crippen LogP contribution in [0.25, 0.3) is 0 Å². The molecule has 0 saturated heterocycles. The predicted molar refractivity (Wildman–Crippen MR) is 82.9 cm³/mol. The van der Waals surface area contributed by atoms with Crippen molar-refractivity contribution in [1.82, 2.24) is 0 Å². The molecule has 0 heterocycles. The zero-order valence-corrected chi connectivity index (χ0v) is 13.1. The van der Waals surface area contributed by atoms with Gasteiger partial charge in [0.25, 0.3) is 10.0 Å². The first-order valence-corrected chi connectivity index (χ1v) is 7.99. The molecule has 2 aromatic rings. The van der Waals surface area contributed by atoms with Gasteiger partial charge in [-0.15, -0.1) is 0 Å². The third-order valence-electron chi connectivity index (χ3n) is 2.98. The Labute approximate surface area is 129 Å². The highest BCUT2D eigenvalue weighted by atomic mass is 35.5. The summed E-state index contributed by atoms with van der Waals surface area (Å²) in [5.41, 5.74) is 2.09. The Kier molecular flexibility index (Phi) is 4.21. The number of nitrogens with one attached hydrogen (secondary N) is 1. The lowest BCUT2D eigenvalue weighted by Gasteiger charge is -2.12. The van der Waals surface area contributed by atoms with E-state index in [0.29, 0.717) is 16.3 Å². The van der Waals surface area contributed by atoms with E-state index >= 15 is 0 Å². The molecule has 0 atom stereocenters. The highest BCUT2D eigenvalue weighted by Gasteiger charge is 2.18. The van der Waals surface area contributed by atoms with Gasteiger partial charge < -0.3 is 0 Å². The number of halogens is 1. The molecule has 0 bridgehead atoms. The number of anilines is 1. The van der Waals surface area contributed by atoms with Gasteiger partial charge in [-0.3, -0.25) is 4.72 Å². The zero-order valence-electron chi connectivity index (χ0n) is 11.5. The lowest BCUT2D eigenvalue weighted by Crippen LogP contribution is -2.14. The van der Waals surface area contributed by atoms with Crippen molar-refractivity contribution in [3.63, 3.8) is 0 Å². The van der Waals surface area contributed by atoms with Crippen LogP contribution >= 0.6 is 11.6 Å². The first kappa shape index (κ1) is 15.4. The average molecular weight is 321 g/mol. The summed E-state index contributed by atoms with van der Waals surface area (Å²) in [6, 6.07) is 11.5. The Morgan fingerprint density at radius 3 is 2.48 bits per heavy atom. The highest BCUT2D eigenvalue weighted by Crippen LogP contribution is 2.26. The lowest BCUT2D eigenvalue weighted by atomic mass is 10.2. The summed E-state index contributed by atoms with van der Waals surface area (Å²) in [7, 11) is -3.80. The summed E-state index contributed by atoms with van der Waals surface area (Å²) in [5, 5.41) is 9.22. The molecule has 0 spiro atoms. The summed E-state index contributed by atoms with van der Waals surface area (Å²) < 4.78 is 27.4. The molecule has 0 aliphatic heterocycles. The van der Waals surface area contributed by atoms with Crippen molar-refractivity contribution in [3.05, 3.63) is 58.1 Å². The second kappa shape index (κ2) is 5.76. The summed E-state index contributed by atoms with van der Waals surface area (Å²) >= 11 is 6.04. The molecule has 2 rings (SSSR count). The normalized spacial score (nSPS) is 11.0. The Bertz CT molecular complexity index is 839. The van der Waals surface area contributed by atoms with Crippen LogP contribution < -0.4 is 4.72 Å². The maximum Gasteiger partial charge on any atom is 0.262 e. The fourth-order valence-electron chi connectivity index (χ4n) is 1.86. The van der Waals surface area contributed by atoms with Crippen LogP contribution in [0.1, 0.15) is 16.7 Å². The maximum atomic E-state index is 12.4. The van der Waals surface area contributed by atoms with E-state index in [4.69, 9.17) is 16.9 Å². The van der Waals surface area contributed by atoms with E-state index < -0.39 is 10.0 Å². The molecule has 2 aromatic carbocycles. The fourth-order valence-corrected chi connectivity index (χ4v) is 3.55. The van der Waals surface area contributed by atoms with Crippen LogP contribution in [0.15, 0.2) is 41.3 Å². The first-order valence-electron chi connectivity index (χ1n) is 6.13. The van der Waals surface area contributed by atoms with Gasteiger partial charge in [-0.1, -0.05) is 23.7 Å². The fraction of sp³-hybridized carbons (Fsp3) is 0.133. The van der Waals surface area contributed by atoms with E-state index in [2.05, 4.69) is 4.72 Å². The van der Waals surface area contributed by atoms with Gasteiger partial charge in [-0.25, -0.2) is 8.42 Å². The quantitative estimate of drug-likeness (QED) is 0.938. The minimum Gasteiger partial charge on any atom is -0.278 e. The minimum absolute atomic E-state index is 0.0678. The van der Waals surface area contributed by atoms with Crippen molar-refractivity contribution in [3.8, 4) is 6.07 Å². The topological polar surface area (TPSA) is 70.0 Å². The van der Waals surface area contributed by atoms with Crippen LogP contribution in [0.2, 0.25) is 5.02 Å². The Balaban J connectivity index is 2.46. The summed E-state index contributed by atoms with van der Waals surface area (Å²) in [6.07, 6.45) is 0. The molecule has 0 aromatic heterocycles. The molecule has 0 unspecified atom stereocenters. The molecule has 0 aliphatic rings. The van der Waals surface area contributed by atoms with Crippen LogP contribution in [0.4, 0.5) is 5.69 Å². The number of benzene rings is 2. The lowest BCUT2D eigenvalue weighted by molar-refractivity contribution is 0.600. The van der Waals surface area contributed by atoms with E-state index in [9.17, 15) is 8.42 Å². The van der Waals surface area contributed by atoms with E-state index in [1.165, 1.54) is 6.07 Å². The zero-order chi connectivity index (χ0) is 15.6. The van der Waals surface area contributed by atoms with Gasteiger partial charge in [0, 0.05) is 0 Å². The van der Waals surface area contributed by atoms with Crippen molar-refractivity contribution < 1.29 is 8.42 Å². The van der Waals surface area contributed by atoms with Crippen LogP contribution in [0.5, 0.6) is 0 Å². The van der Waals surface area contributed by atoms with Gasteiger partial charge in [0.1, 0.15) is 0 Å². The SMILES string of the molecule is Cc1ccc(NS(=O)(=O)c2cc(C#N)ccc2C)c(Cl)c1. The van der Waals surface area contributed by atoms with Crippen LogP contribution in [-0.2, 0) is 10.0 Å². The van der Waals surface area contributed by atoms with E-state index in [0.717, 1.165) is 5.56 Å². The molecule has 0 radical (unpaired) electrons. The maximum absolute atomic E-state index is 12.4. The molecular formula is C15H13ClN2O2S. The van der Waals surface area contributed by atoms with Crippen molar-refractivity contribution in [2.24, 2.45) is 0 Å².